The highest BCUT2D eigenvalue weighted by atomic mass is 35.5. The number of aromatic nitrogens is 1. The number of nitrogens with zero attached hydrogens (tertiary/aromatic N) is 1. The molecule has 5 aromatic rings. The summed E-state index contributed by atoms with van der Waals surface area (Å²) in [6.07, 6.45) is -1.25. The maximum absolute atomic E-state index is 14.2. The first-order valence-corrected chi connectivity index (χ1v) is 17.2. The molecule has 0 radical (unpaired) electrons. The van der Waals surface area contributed by atoms with Gasteiger partial charge in [-0.2, -0.15) is 0 Å². The minimum Gasteiger partial charge on any atom is -0.480 e. The number of carbonyl (C=O) groups is 5. The Kier molecular flexibility index (Phi) is 19.0. The number of aliphatic carboxylic acids is 1. The molecule has 0 aliphatic rings. The van der Waals surface area contributed by atoms with Crippen LogP contribution in [0.25, 0.3) is 11.3 Å². The maximum Gasteiger partial charge on any atom is 0.320 e. The number of oxazole rings is 1. The van der Waals surface area contributed by atoms with Gasteiger partial charge in [-0.3, -0.25) is 24.0 Å². The lowest BCUT2D eigenvalue weighted by Gasteiger charge is -2.16. The van der Waals surface area contributed by atoms with Gasteiger partial charge in [0, 0.05) is 24.9 Å². The molecule has 59 heavy (non-hydrogen) atoms. The molecule has 0 saturated carbocycles. The van der Waals surface area contributed by atoms with Crippen LogP contribution in [0.5, 0.6) is 0 Å². The second-order valence-electron chi connectivity index (χ2n) is 12.6. The Labute approximate surface area is 341 Å². The zero-order valence-corrected chi connectivity index (χ0v) is 32.0. The van der Waals surface area contributed by atoms with Crippen molar-refractivity contribution in [3.63, 3.8) is 0 Å². The number of benzene rings is 4. The average molecular weight is 845 g/mol. The Morgan fingerprint density at radius 2 is 1.24 bits per heavy atom. The van der Waals surface area contributed by atoms with E-state index in [1.165, 1.54) is 79.7 Å². The predicted molar refractivity (Wildman–Crippen MR) is 208 cm³/mol. The molecule has 314 valence electrons. The van der Waals surface area contributed by atoms with Crippen molar-refractivity contribution in [2.45, 2.75) is 50.4 Å². The number of halogens is 5. The monoisotopic (exact) mass is 844 g/mol. The Balaban J connectivity index is 0.000000345. The number of amides is 3. The molecule has 4 aromatic carbocycles. The normalized spacial score (nSPS) is 12.4. The fourth-order valence-electron chi connectivity index (χ4n) is 5.19. The molecule has 1 heterocycles. The van der Waals surface area contributed by atoms with Crippen LogP contribution < -0.4 is 28.3 Å². The van der Waals surface area contributed by atoms with Crippen LogP contribution in [0.15, 0.2) is 101 Å². The van der Waals surface area contributed by atoms with E-state index < -0.39 is 65.3 Å². The van der Waals surface area contributed by atoms with Gasteiger partial charge in [0.05, 0.1) is 0 Å². The molecule has 4 unspecified atom stereocenters. The average Bonchev–Trinajstić information content (AvgIpc) is 3.55. The third kappa shape index (κ3) is 15.4. The number of primary amides is 2. The number of carboxylic acid groups (broad SMARTS) is 1. The Hall–Kier alpha value is -6.47. The van der Waals surface area contributed by atoms with Gasteiger partial charge in [0.1, 0.15) is 47.2 Å². The molecule has 14 nitrogen and oxygen atoms in total. The topological polar surface area (TPSA) is 268 Å². The van der Waals surface area contributed by atoms with Gasteiger partial charge >= 0.3 is 5.97 Å². The minimum absolute atomic E-state index is 0. The van der Waals surface area contributed by atoms with E-state index in [9.17, 15) is 46.6 Å². The van der Waals surface area contributed by atoms with Crippen LogP contribution in [0.1, 0.15) is 33.1 Å². The van der Waals surface area contributed by atoms with Crippen molar-refractivity contribution in [3.8, 4) is 11.3 Å². The molecule has 0 bridgehead atoms. The highest BCUT2D eigenvalue weighted by Crippen LogP contribution is 2.26. The molecule has 5 rings (SSSR count). The van der Waals surface area contributed by atoms with E-state index >= 15 is 0 Å². The molecule has 0 aliphatic heterocycles. The number of aliphatic hydroxyl groups excluding tert-OH is 1. The minimum atomic E-state index is -1.41. The van der Waals surface area contributed by atoms with E-state index in [0.29, 0.717) is 16.7 Å². The van der Waals surface area contributed by atoms with Crippen molar-refractivity contribution in [2.24, 2.45) is 22.9 Å². The van der Waals surface area contributed by atoms with Gasteiger partial charge < -0.3 is 42.9 Å². The number of nitrogens with two attached hydrogens (primary N) is 4. The number of carbonyl (C=O) groups excluding carboxylic acids is 4. The third-order valence-corrected chi connectivity index (χ3v) is 7.98. The summed E-state index contributed by atoms with van der Waals surface area (Å²) in [6, 6.07) is 19.4. The highest BCUT2D eigenvalue weighted by molar-refractivity contribution is 6.38. The predicted octanol–water partition coefficient (Wildman–Crippen LogP) is 3.07. The fraction of sp³-hybridized carbons (Fsp3) is 0.200. The quantitative estimate of drug-likeness (QED) is 0.0631. The zero-order valence-electron chi connectivity index (χ0n) is 31.2. The lowest BCUT2D eigenvalue weighted by molar-refractivity contribution is -0.138. The van der Waals surface area contributed by atoms with Crippen molar-refractivity contribution in [3.05, 3.63) is 149 Å². The highest BCUT2D eigenvalue weighted by Gasteiger charge is 2.30. The first kappa shape index (κ1) is 48.7. The first-order chi connectivity index (χ1) is 27.4. The molecule has 11 N–H and O–H groups in total. The van der Waals surface area contributed by atoms with Crippen LogP contribution in [0.2, 0.25) is 0 Å². The number of aliphatic hydroxyl groups is 1. The number of nitrogens with one attached hydrogen (secondary N) is 1. The Morgan fingerprint density at radius 3 is 1.69 bits per heavy atom. The number of rotatable bonds is 14. The number of ketones is 1. The zero-order chi connectivity index (χ0) is 43.1. The van der Waals surface area contributed by atoms with Crippen LogP contribution >= 0.6 is 12.4 Å². The molecule has 3 amide bonds. The lowest BCUT2D eigenvalue weighted by Crippen LogP contribution is -2.47. The van der Waals surface area contributed by atoms with Crippen LogP contribution in [0.3, 0.4) is 0 Å². The molecular weight excluding hydrogens is 804 g/mol. The van der Waals surface area contributed by atoms with Crippen molar-refractivity contribution >= 4 is 41.9 Å². The van der Waals surface area contributed by atoms with E-state index in [1.54, 1.807) is 18.2 Å². The van der Waals surface area contributed by atoms with E-state index in [-0.39, 0.29) is 66.2 Å². The molecule has 19 heteroatoms. The summed E-state index contributed by atoms with van der Waals surface area (Å²) in [5.41, 5.74) is 22.3. The molecule has 0 spiro atoms. The van der Waals surface area contributed by atoms with Crippen molar-refractivity contribution in [1.82, 2.24) is 10.3 Å². The standard InChI is InChI=1S/C21H17F2N3O4.C10H13FN2O2.C9H10FNO2.ClH/c1-11-25-17(14-7-2-3-8-15(14)23)19(30-11)21(29)26-16(18(27)20(24)28)10-12-5-4-6-13(22)9-12;11-7-3-1-2-6(4-7)5-8(12)9(14)10(13)15;10-7-3-1-2-6(4-7)5-8(11)9(12)13;/h2-9,16H,10H2,1H3,(H2,24,28)(H,26,29);1-4,8-9,14H,5,12H2,(H2,13,15);1-4,8H,5,11H2,(H,12,13);1H. The molecule has 0 saturated heterocycles. The molecular formula is C40H41ClF4N6O8. The van der Waals surface area contributed by atoms with E-state index in [1.807, 2.05) is 0 Å². The van der Waals surface area contributed by atoms with Crippen LogP contribution in [0, 0.1) is 30.2 Å². The van der Waals surface area contributed by atoms with Crippen LogP contribution in [-0.2, 0) is 38.4 Å². The smallest absolute Gasteiger partial charge is 0.320 e. The van der Waals surface area contributed by atoms with E-state index in [4.69, 9.17) is 32.5 Å². The van der Waals surface area contributed by atoms with Crippen molar-refractivity contribution in [2.75, 3.05) is 0 Å². The maximum atomic E-state index is 14.2. The SMILES string of the molecule is Cc1nc(-c2ccccc2F)c(C(=O)NC(Cc2cccc(F)c2)C(=O)C(N)=O)o1.Cl.NC(=O)C(O)C(N)Cc1cccc(F)c1.NC(Cc1cccc(F)c1)C(=O)O. The van der Waals surface area contributed by atoms with Gasteiger partial charge in [0.15, 0.2) is 5.89 Å². The largest absolute Gasteiger partial charge is 0.480 e. The third-order valence-electron chi connectivity index (χ3n) is 7.98. The summed E-state index contributed by atoms with van der Waals surface area (Å²) in [4.78, 5) is 61.5. The van der Waals surface area contributed by atoms with Gasteiger partial charge in [-0.1, -0.05) is 48.5 Å². The molecule has 0 fully saturated rings. The van der Waals surface area contributed by atoms with Gasteiger partial charge in [0.25, 0.3) is 11.8 Å². The second kappa shape index (κ2) is 23.1. The van der Waals surface area contributed by atoms with Gasteiger partial charge in [-0.05, 0) is 78.1 Å². The summed E-state index contributed by atoms with van der Waals surface area (Å²) in [7, 11) is 0. The van der Waals surface area contributed by atoms with E-state index in [2.05, 4.69) is 10.3 Å². The van der Waals surface area contributed by atoms with Crippen molar-refractivity contribution < 1.29 is 56.2 Å². The summed E-state index contributed by atoms with van der Waals surface area (Å²) in [6.45, 7) is 1.47. The summed E-state index contributed by atoms with van der Waals surface area (Å²) < 4.78 is 58.4. The summed E-state index contributed by atoms with van der Waals surface area (Å²) >= 11 is 0. The van der Waals surface area contributed by atoms with Crippen LogP contribution in [-0.4, -0.2) is 68.9 Å². The number of hydrogen-bond acceptors (Lipinski definition) is 10. The number of hydrogen-bond donors (Lipinski definition) is 7. The van der Waals surface area contributed by atoms with Crippen LogP contribution in [0.4, 0.5) is 17.6 Å². The fourth-order valence-corrected chi connectivity index (χ4v) is 5.19. The van der Waals surface area contributed by atoms with Gasteiger partial charge in [-0.15, -0.1) is 12.4 Å². The number of carboxylic acids is 1. The summed E-state index contributed by atoms with van der Waals surface area (Å²) in [5, 5.41) is 20.1. The van der Waals surface area contributed by atoms with Gasteiger partial charge in [0.2, 0.25) is 17.5 Å². The lowest BCUT2D eigenvalue weighted by atomic mass is 10.0. The van der Waals surface area contributed by atoms with E-state index in [0.717, 1.165) is 6.07 Å². The van der Waals surface area contributed by atoms with Crippen molar-refractivity contribution in [1.29, 1.82) is 0 Å². The van der Waals surface area contributed by atoms with Gasteiger partial charge in [-0.25, -0.2) is 22.5 Å². The second-order valence-corrected chi connectivity index (χ2v) is 12.6. The Bertz CT molecular complexity index is 2240. The number of aryl methyl sites for hydroxylation is 1. The molecule has 1 aromatic heterocycles. The first-order valence-electron chi connectivity index (χ1n) is 17.2. The number of Topliss-reactive ketones (excluding diaryl/α,β-unsaturated/α-hetero) is 1. The molecule has 4 atom stereocenters. The Morgan fingerprint density at radius 1 is 0.746 bits per heavy atom. The molecule has 0 aliphatic carbocycles. The summed E-state index contributed by atoms with van der Waals surface area (Å²) in [5.74, 6) is -7.35.